The fraction of sp³-hybridized carbons (Fsp3) is 0.769. The van der Waals surface area contributed by atoms with Gasteiger partial charge < -0.3 is 15.0 Å². The summed E-state index contributed by atoms with van der Waals surface area (Å²) in [6.07, 6.45) is 2.50. The number of nitrogens with one attached hydrogen (secondary N) is 1. The van der Waals surface area contributed by atoms with E-state index in [0.29, 0.717) is 25.6 Å². The molecule has 2 aliphatic heterocycles. The van der Waals surface area contributed by atoms with E-state index in [0.717, 1.165) is 19.3 Å². The van der Waals surface area contributed by atoms with Crippen molar-refractivity contribution in [2.24, 2.45) is 4.99 Å². The van der Waals surface area contributed by atoms with Gasteiger partial charge in [-0.2, -0.15) is 0 Å². The number of carbonyl (C=O) groups excluding carboxylic acids is 2. The molecule has 0 radical (unpaired) electrons. The Kier molecular flexibility index (Phi) is 4.39. The van der Waals surface area contributed by atoms with Crippen molar-refractivity contribution in [3.63, 3.8) is 0 Å². The van der Waals surface area contributed by atoms with Gasteiger partial charge in [0.25, 0.3) is 5.91 Å². The summed E-state index contributed by atoms with van der Waals surface area (Å²) >= 11 is 0. The number of likely N-dealkylation sites (tertiary alicyclic amines) is 1. The molecule has 1 N–H and O–H groups in total. The van der Waals surface area contributed by atoms with E-state index < -0.39 is 6.04 Å². The van der Waals surface area contributed by atoms with E-state index in [1.165, 1.54) is 0 Å². The Morgan fingerprint density at radius 1 is 1.53 bits per heavy atom. The summed E-state index contributed by atoms with van der Waals surface area (Å²) < 4.78 is 5.21. The fourth-order valence-corrected chi connectivity index (χ4v) is 2.48. The number of aliphatic imine (C=N–C) groups is 1. The Balaban J connectivity index is 1.98. The largest absolute Gasteiger partial charge is 0.478 e. The van der Waals surface area contributed by atoms with Gasteiger partial charge in [0.05, 0.1) is 0 Å². The van der Waals surface area contributed by atoms with E-state index in [1.807, 2.05) is 6.92 Å². The minimum atomic E-state index is -0.473. The maximum Gasteiger partial charge on any atom is 0.251 e. The second kappa shape index (κ2) is 6.04. The molecule has 0 aromatic rings. The molecule has 0 aliphatic carbocycles. The molecular formula is C13H21N3O3. The quantitative estimate of drug-likeness (QED) is 0.797. The highest BCUT2D eigenvalue weighted by Gasteiger charge is 2.38. The summed E-state index contributed by atoms with van der Waals surface area (Å²) in [6, 6.07) is -0.810. The summed E-state index contributed by atoms with van der Waals surface area (Å²) in [6.45, 7) is 5.33. The van der Waals surface area contributed by atoms with Gasteiger partial charge in [0.2, 0.25) is 5.91 Å². The number of hydrogen-bond acceptors (Lipinski definition) is 4. The van der Waals surface area contributed by atoms with Crippen LogP contribution in [0, 0.1) is 0 Å². The predicted molar refractivity (Wildman–Crippen MR) is 70.9 cm³/mol. The Hall–Kier alpha value is -1.59. The lowest BCUT2D eigenvalue weighted by Gasteiger charge is -2.25. The average Bonchev–Trinajstić information content (AvgIpc) is 3.03. The Labute approximate surface area is 113 Å². The molecule has 6 heteroatoms. The van der Waals surface area contributed by atoms with Crippen LogP contribution in [0.25, 0.3) is 0 Å². The minimum absolute atomic E-state index is 0.0488. The summed E-state index contributed by atoms with van der Waals surface area (Å²) in [5.74, 6) is 0.405. The van der Waals surface area contributed by atoms with Gasteiger partial charge in [-0.3, -0.25) is 9.59 Å². The van der Waals surface area contributed by atoms with Crippen LogP contribution in [0.15, 0.2) is 4.99 Å². The van der Waals surface area contributed by atoms with E-state index in [1.54, 1.807) is 11.8 Å². The SMILES string of the molecule is CCCNC(=O)[C@@H]1CCCN1C(=O)C1COC(C)=N1. The lowest BCUT2D eigenvalue weighted by molar-refractivity contribution is -0.139. The maximum atomic E-state index is 12.3. The second-order valence-corrected chi connectivity index (χ2v) is 4.96. The van der Waals surface area contributed by atoms with Crippen molar-refractivity contribution in [1.82, 2.24) is 10.2 Å². The van der Waals surface area contributed by atoms with Crippen LogP contribution in [0.5, 0.6) is 0 Å². The summed E-state index contributed by atoms with van der Waals surface area (Å²) in [4.78, 5) is 30.2. The molecule has 0 spiro atoms. The number of hydrogen-bond donors (Lipinski definition) is 1. The highest BCUT2D eigenvalue weighted by Crippen LogP contribution is 2.20. The Morgan fingerprint density at radius 3 is 2.95 bits per heavy atom. The van der Waals surface area contributed by atoms with E-state index in [2.05, 4.69) is 10.3 Å². The zero-order chi connectivity index (χ0) is 13.8. The standard InChI is InChI=1S/C13H21N3O3/c1-3-6-14-12(17)11-5-4-7-16(11)13(18)10-8-19-9(2)15-10/h10-11H,3-8H2,1-2H3,(H,14,17)/t10?,11-/m0/s1. The molecule has 2 rings (SSSR count). The highest BCUT2D eigenvalue weighted by atomic mass is 16.5. The molecule has 0 bridgehead atoms. The van der Waals surface area contributed by atoms with E-state index in [9.17, 15) is 9.59 Å². The van der Waals surface area contributed by atoms with Gasteiger partial charge in [-0.25, -0.2) is 4.99 Å². The summed E-state index contributed by atoms with van der Waals surface area (Å²) in [5, 5.41) is 2.86. The van der Waals surface area contributed by atoms with Gasteiger partial charge in [-0.1, -0.05) is 6.92 Å². The van der Waals surface area contributed by atoms with Crippen molar-refractivity contribution in [2.45, 2.75) is 45.2 Å². The van der Waals surface area contributed by atoms with Crippen molar-refractivity contribution in [1.29, 1.82) is 0 Å². The first-order valence-electron chi connectivity index (χ1n) is 6.89. The van der Waals surface area contributed by atoms with Crippen LogP contribution in [-0.4, -0.2) is 54.4 Å². The predicted octanol–water partition coefficient (Wildman–Crippen LogP) is 0.321. The Bertz CT molecular complexity index is 395. The molecule has 1 saturated heterocycles. The van der Waals surface area contributed by atoms with Crippen molar-refractivity contribution >= 4 is 17.7 Å². The molecule has 1 unspecified atom stereocenters. The molecule has 1 fully saturated rings. The number of amides is 2. The van der Waals surface area contributed by atoms with Crippen LogP contribution in [0.1, 0.15) is 33.1 Å². The molecule has 19 heavy (non-hydrogen) atoms. The van der Waals surface area contributed by atoms with Gasteiger partial charge in [0.1, 0.15) is 12.6 Å². The Morgan fingerprint density at radius 2 is 2.32 bits per heavy atom. The normalized spacial score (nSPS) is 26.0. The van der Waals surface area contributed by atoms with Gasteiger partial charge in [-0.05, 0) is 19.3 Å². The third kappa shape index (κ3) is 3.05. The second-order valence-electron chi connectivity index (χ2n) is 4.96. The molecule has 2 heterocycles. The van der Waals surface area contributed by atoms with Crippen LogP contribution in [0.3, 0.4) is 0 Å². The van der Waals surface area contributed by atoms with Gasteiger partial charge >= 0.3 is 0 Å². The maximum absolute atomic E-state index is 12.3. The molecular weight excluding hydrogens is 246 g/mol. The highest BCUT2D eigenvalue weighted by molar-refractivity contribution is 5.92. The minimum Gasteiger partial charge on any atom is -0.478 e. The number of carbonyl (C=O) groups is 2. The smallest absolute Gasteiger partial charge is 0.251 e. The van der Waals surface area contributed by atoms with Crippen molar-refractivity contribution in [3.05, 3.63) is 0 Å². The van der Waals surface area contributed by atoms with Gasteiger partial charge in [-0.15, -0.1) is 0 Å². The topological polar surface area (TPSA) is 71.0 Å². The molecule has 6 nitrogen and oxygen atoms in total. The van der Waals surface area contributed by atoms with Crippen LogP contribution in [0.2, 0.25) is 0 Å². The first kappa shape index (κ1) is 13.8. The fourth-order valence-electron chi connectivity index (χ4n) is 2.48. The first-order valence-corrected chi connectivity index (χ1v) is 6.89. The third-order valence-electron chi connectivity index (χ3n) is 3.46. The molecule has 0 aromatic carbocycles. The average molecular weight is 267 g/mol. The van der Waals surface area contributed by atoms with Crippen LogP contribution in [0.4, 0.5) is 0 Å². The zero-order valence-corrected chi connectivity index (χ0v) is 11.5. The summed E-state index contributed by atoms with van der Waals surface area (Å²) in [7, 11) is 0. The number of rotatable bonds is 4. The molecule has 0 aromatic heterocycles. The van der Waals surface area contributed by atoms with Crippen molar-refractivity contribution in [3.8, 4) is 0 Å². The summed E-state index contributed by atoms with van der Waals surface area (Å²) in [5.41, 5.74) is 0. The van der Waals surface area contributed by atoms with E-state index >= 15 is 0 Å². The zero-order valence-electron chi connectivity index (χ0n) is 11.5. The number of ether oxygens (including phenoxy) is 1. The van der Waals surface area contributed by atoms with Crippen LogP contribution < -0.4 is 5.32 Å². The monoisotopic (exact) mass is 267 g/mol. The molecule has 0 saturated carbocycles. The van der Waals surface area contributed by atoms with Crippen LogP contribution in [-0.2, 0) is 14.3 Å². The lowest BCUT2D eigenvalue weighted by atomic mass is 10.2. The molecule has 106 valence electrons. The molecule has 2 aliphatic rings. The number of nitrogens with zero attached hydrogens (tertiary/aromatic N) is 2. The lowest BCUT2D eigenvalue weighted by Crippen LogP contribution is -2.49. The van der Waals surface area contributed by atoms with Crippen molar-refractivity contribution < 1.29 is 14.3 Å². The molecule has 2 amide bonds. The van der Waals surface area contributed by atoms with E-state index in [4.69, 9.17) is 4.74 Å². The molecule has 2 atom stereocenters. The van der Waals surface area contributed by atoms with Crippen LogP contribution >= 0.6 is 0 Å². The van der Waals surface area contributed by atoms with Crippen molar-refractivity contribution in [2.75, 3.05) is 19.7 Å². The van der Waals surface area contributed by atoms with Gasteiger partial charge in [0.15, 0.2) is 11.9 Å². The third-order valence-corrected chi connectivity index (χ3v) is 3.46. The first-order chi connectivity index (χ1) is 9.13. The van der Waals surface area contributed by atoms with E-state index in [-0.39, 0.29) is 17.9 Å². The van der Waals surface area contributed by atoms with Gasteiger partial charge in [0, 0.05) is 20.0 Å².